The molecule has 1 aromatic heterocycles. The molecule has 1 aromatic rings. The molecule has 0 saturated heterocycles. The van der Waals surface area contributed by atoms with Crippen LogP contribution in [0.4, 0.5) is 0 Å². The Labute approximate surface area is 72.8 Å². The zero-order valence-corrected chi connectivity index (χ0v) is 7.86. The van der Waals surface area contributed by atoms with Crippen LogP contribution in [0.25, 0.3) is 0 Å². The quantitative estimate of drug-likeness (QED) is 0.490. The summed E-state index contributed by atoms with van der Waals surface area (Å²) in [6, 6.07) is 0. The fraction of sp³-hybridized carbons (Fsp3) is 0.545. The van der Waals surface area contributed by atoms with Gasteiger partial charge in [-0.15, -0.1) is 0 Å². The van der Waals surface area contributed by atoms with Gasteiger partial charge in [0.05, 0.1) is 0 Å². The van der Waals surface area contributed by atoms with Crippen molar-refractivity contribution in [3.05, 3.63) is 28.1 Å². The second kappa shape index (κ2) is 1.59. The minimum Gasteiger partial charge on any atom is -0.257 e. The second-order valence-corrected chi connectivity index (χ2v) is 4.94. The average Bonchev–Trinajstić information content (AvgIpc) is 2.67. The van der Waals surface area contributed by atoms with Crippen LogP contribution in [0.15, 0.2) is 0 Å². The molecule has 62 valence electrons. The third-order valence-electron chi connectivity index (χ3n) is 2.76. The smallest absolute Gasteiger partial charge is 0.0490 e. The molecule has 0 fully saturated rings. The first-order valence-electron chi connectivity index (χ1n) is 4.61. The van der Waals surface area contributed by atoms with Gasteiger partial charge in [0.1, 0.15) is 0 Å². The first kappa shape index (κ1) is 6.64. The molecule has 2 aliphatic rings. The summed E-state index contributed by atoms with van der Waals surface area (Å²) in [5.74, 6) is 0. The van der Waals surface area contributed by atoms with Crippen molar-refractivity contribution in [1.29, 1.82) is 0 Å². The Bertz CT molecular complexity index is 355. The van der Waals surface area contributed by atoms with Crippen molar-refractivity contribution in [1.82, 2.24) is 4.98 Å². The van der Waals surface area contributed by atoms with Crippen LogP contribution >= 0.6 is 0 Å². The van der Waals surface area contributed by atoms with Crippen molar-refractivity contribution < 1.29 is 0 Å². The molecule has 0 aliphatic heterocycles. The summed E-state index contributed by atoms with van der Waals surface area (Å²) in [5.41, 5.74) is 7.80. The van der Waals surface area contributed by atoms with Crippen molar-refractivity contribution in [2.24, 2.45) is 0 Å². The van der Waals surface area contributed by atoms with Crippen LogP contribution in [-0.2, 0) is 18.3 Å². The molecule has 1 heterocycles. The molecule has 1 nitrogen and oxygen atoms in total. The monoisotopic (exact) mass is 159 g/mol. The first-order valence-corrected chi connectivity index (χ1v) is 4.61. The van der Waals surface area contributed by atoms with Gasteiger partial charge in [-0.3, -0.25) is 4.98 Å². The normalized spacial score (nSPS) is 16.9. The van der Waals surface area contributed by atoms with E-state index in [1.807, 2.05) is 0 Å². The van der Waals surface area contributed by atoms with E-state index < -0.39 is 0 Å². The molecule has 0 bridgehead atoms. The Balaban J connectivity index is 2.26. The number of nitrogens with zero attached hydrogens (tertiary/aromatic N) is 1. The van der Waals surface area contributed by atoms with Gasteiger partial charge >= 0.3 is 0 Å². The Kier molecular flexibility index (Phi) is 0.878. The van der Waals surface area contributed by atoms with E-state index in [1.165, 1.54) is 24.2 Å². The Morgan fingerprint density at radius 3 is 1.92 bits per heavy atom. The van der Waals surface area contributed by atoms with E-state index in [-0.39, 0.29) is 0 Å². The maximum atomic E-state index is 4.53. The molecular weight excluding hydrogens is 146 g/mol. The van der Waals surface area contributed by atoms with Crippen LogP contribution in [0.5, 0.6) is 0 Å². The molecule has 0 spiro atoms. The summed E-state index contributed by atoms with van der Waals surface area (Å²) in [5, 5.41) is 0. The van der Waals surface area contributed by atoms with Crippen molar-refractivity contribution in [3.8, 4) is 0 Å². The molecule has 0 radical (unpaired) electrons. The molecule has 0 N–H and O–H groups in total. The minimum absolute atomic E-state index is 0.337. The van der Waals surface area contributed by atoms with E-state index >= 15 is 0 Å². The molecule has 12 heavy (non-hydrogen) atoms. The molecule has 0 atom stereocenters. The topological polar surface area (TPSA) is 12.9 Å². The molecule has 1 heteroatoms. The summed E-state index contributed by atoms with van der Waals surface area (Å²) < 4.78 is 0. The molecule has 0 saturated carbocycles. The number of fused-ring (bicyclic) bond motifs is 2. The van der Waals surface area contributed by atoms with Gasteiger partial charge in [0.25, 0.3) is 0 Å². The van der Waals surface area contributed by atoms with Crippen molar-refractivity contribution in [2.75, 3.05) is 0 Å². The maximum absolute atomic E-state index is 4.53. The van der Waals surface area contributed by atoms with E-state index in [0.29, 0.717) is 5.41 Å². The zero-order valence-electron chi connectivity index (χ0n) is 7.86. The number of aromatic nitrogens is 1. The van der Waals surface area contributed by atoms with E-state index in [4.69, 9.17) is 0 Å². The Hall–Kier alpha value is -0.850. The lowest BCUT2D eigenvalue weighted by atomic mass is 9.86. The van der Waals surface area contributed by atoms with Crippen LogP contribution in [0.2, 0.25) is 0 Å². The van der Waals surface area contributed by atoms with Crippen LogP contribution in [0, 0.1) is 0 Å². The summed E-state index contributed by atoms with van der Waals surface area (Å²) in [4.78, 5) is 4.53. The number of hydrogen-bond donors (Lipinski definition) is 0. The van der Waals surface area contributed by atoms with E-state index in [0.717, 1.165) is 0 Å². The molecule has 3 rings (SSSR count). The first-order chi connectivity index (χ1) is 5.57. The number of hydrogen-bond acceptors (Lipinski definition) is 1. The maximum Gasteiger partial charge on any atom is 0.0490 e. The van der Waals surface area contributed by atoms with Gasteiger partial charge < -0.3 is 0 Å². The van der Waals surface area contributed by atoms with Gasteiger partial charge in [0, 0.05) is 24.2 Å². The highest BCUT2D eigenvalue weighted by Crippen LogP contribution is 2.46. The van der Waals surface area contributed by atoms with Gasteiger partial charge in [-0.25, -0.2) is 0 Å². The molecular formula is C11H13N. The van der Waals surface area contributed by atoms with Crippen LogP contribution in [-0.4, -0.2) is 4.98 Å². The Morgan fingerprint density at radius 1 is 1.00 bits per heavy atom. The number of rotatable bonds is 0. The van der Waals surface area contributed by atoms with E-state index in [2.05, 4.69) is 25.8 Å². The third kappa shape index (κ3) is 0.715. The third-order valence-corrected chi connectivity index (χ3v) is 2.76. The second-order valence-electron chi connectivity index (χ2n) is 4.94. The van der Waals surface area contributed by atoms with E-state index in [9.17, 15) is 0 Å². The predicted molar refractivity (Wildman–Crippen MR) is 48.5 cm³/mol. The SMILES string of the molecule is CC(C)(C)c1c2c(nc3c1C3)C2. The lowest BCUT2D eigenvalue weighted by molar-refractivity contribution is 0.588. The van der Waals surface area contributed by atoms with Crippen molar-refractivity contribution >= 4 is 0 Å². The lowest BCUT2D eigenvalue weighted by Gasteiger charge is -2.18. The van der Waals surface area contributed by atoms with Gasteiger partial charge in [0.15, 0.2) is 0 Å². The summed E-state index contributed by atoms with van der Waals surface area (Å²) in [6.45, 7) is 6.92. The summed E-state index contributed by atoms with van der Waals surface area (Å²) in [6.07, 6.45) is 2.33. The van der Waals surface area contributed by atoms with Crippen molar-refractivity contribution in [3.63, 3.8) is 0 Å². The average molecular weight is 159 g/mol. The standard InChI is InChI=1S/C11H13N/c1-11(2,3)10-6-4-8(6)12-9-5-7(9)10/h4-5H2,1-3H3. The van der Waals surface area contributed by atoms with Gasteiger partial charge in [-0.05, 0) is 22.1 Å². The fourth-order valence-electron chi connectivity index (χ4n) is 2.18. The van der Waals surface area contributed by atoms with Gasteiger partial charge in [-0.1, -0.05) is 20.8 Å². The predicted octanol–water partition coefficient (Wildman–Crippen LogP) is 2.19. The largest absolute Gasteiger partial charge is 0.257 e. The molecule has 0 aromatic carbocycles. The zero-order chi connectivity index (χ0) is 8.51. The highest BCUT2D eigenvalue weighted by atomic mass is 14.8. The molecule has 0 amide bonds. The highest BCUT2D eigenvalue weighted by Gasteiger charge is 2.38. The van der Waals surface area contributed by atoms with Gasteiger partial charge in [-0.2, -0.15) is 0 Å². The van der Waals surface area contributed by atoms with Crippen molar-refractivity contribution in [2.45, 2.75) is 39.0 Å². The summed E-state index contributed by atoms with van der Waals surface area (Å²) >= 11 is 0. The summed E-state index contributed by atoms with van der Waals surface area (Å²) in [7, 11) is 0. The van der Waals surface area contributed by atoms with Crippen LogP contribution < -0.4 is 0 Å². The van der Waals surface area contributed by atoms with E-state index in [1.54, 1.807) is 16.7 Å². The Morgan fingerprint density at radius 2 is 1.50 bits per heavy atom. The molecule has 0 unspecified atom stereocenters. The highest BCUT2D eigenvalue weighted by molar-refractivity contribution is 5.61. The lowest BCUT2D eigenvalue weighted by Crippen LogP contribution is -2.11. The fourth-order valence-corrected chi connectivity index (χ4v) is 2.18. The van der Waals surface area contributed by atoms with Gasteiger partial charge in [0.2, 0.25) is 0 Å². The minimum atomic E-state index is 0.337. The van der Waals surface area contributed by atoms with Crippen LogP contribution in [0.1, 0.15) is 48.8 Å². The van der Waals surface area contributed by atoms with Crippen LogP contribution in [0.3, 0.4) is 0 Å². The number of pyridine rings is 1. The molecule has 2 aliphatic carbocycles.